The van der Waals surface area contributed by atoms with Crippen molar-refractivity contribution in [3.8, 4) is 0 Å². The van der Waals surface area contributed by atoms with Crippen LogP contribution in [0.2, 0.25) is 0 Å². The van der Waals surface area contributed by atoms with E-state index in [2.05, 4.69) is 49.8 Å². The average Bonchev–Trinajstić information content (AvgIpc) is 2.72. The van der Waals surface area contributed by atoms with Gasteiger partial charge in [0.15, 0.2) is 5.82 Å². The van der Waals surface area contributed by atoms with Crippen molar-refractivity contribution in [1.29, 1.82) is 0 Å². The van der Waals surface area contributed by atoms with Gasteiger partial charge in [0.25, 0.3) is 0 Å². The largest absolute Gasteiger partial charge is 0.372 e. The van der Waals surface area contributed by atoms with Gasteiger partial charge in [0.1, 0.15) is 17.3 Å². The predicted molar refractivity (Wildman–Crippen MR) is 110 cm³/mol. The quantitative estimate of drug-likeness (QED) is 0.641. The van der Waals surface area contributed by atoms with Crippen LogP contribution in [0, 0.1) is 17.6 Å². The number of hydrogen-bond acceptors (Lipinski definition) is 6. The fourth-order valence-electron chi connectivity index (χ4n) is 3.31. The van der Waals surface area contributed by atoms with Crippen molar-refractivity contribution < 1.29 is 8.78 Å². The molecule has 2 heterocycles. The Morgan fingerprint density at radius 1 is 0.966 bits per heavy atom. The molecule has 0 radical (unpaired) electrons. The van der Waals surface area contributed by atoms with Crippen LogP contribution in [-0.4, -0.2) is 28.3 Å². The fraction of sp³-hybridized carbons (Fsp3) is 0.286. The van der Waals surface area contributed by atoms with Crippen LogP contribution in [0.25, 0.3) is 0 Å². The molecule has 1 fully saturated rings. The number of nitrogens with zero attached hydrogens (tertiary/aromatic N) is 4. The highest BCUT2D eigenvalue weighted by Crippen LogP contribution is 2.26. The van der Waals surface area contributed by atoms with Crippen LogP contribution >= 0.6 is 0 Å². The van der Waals surface area contributed by atoms with Gasteiger partial charge in [-0.2, -0.15) is 10.1 Å². The van der Waals surface area contributed by atoms with Gasteiger partial charge in [-0.05, 0) is 55.2 Å². The molecule has 0 atom stereocenters. The summed E-state index contributed by atoms with van der Waals surface area (Å²) < 4.78 is 27.6. The van der Waals surface area contributed by atoms with Crippen LogP contribution in [0.4, 0.5) is 37.6 Å². The number of piperidine rings is 1. The van der Waals surface area contributed by atoms with Gasteiger partial charge < -0.3 is 15.5 Å². The molecule has 1 aromatic heterocycles. The molecule has 1 aliphatic heterocycles. The maximum atomic E-state index is 13.8. The maximum Gasteiger partial charge on any atom is 0.249 e. The summed E-state index contributed by atoms with van der Waals surface area (Å²) in [6.07, 6.45) is 3.72. The standard InChI is InChI=1S/C21H22F2N6/c1-14-9-11-29(12-10-14)16-7-5-15(6-8-16)25-21-27-19(13-24-28-21)26-20-17(22)3-2-4-18(20)23/h2-8,13-14H,9-12H2,1H3,(H2,25,26,27,28). The smallest absolute Gasteiger partial charge is 0.249 e. The summed E-state index contributed by atoms with van der Waals surface area (Å²) in [6, 6.07) is 11.7. The highest BCUT2D eigenvalue weighted by Gasteiger charge is 2.16. The lowest BCUT2D eigenvalue weighted by Crippen LogP contribution is -2.32. The second-order valence-electron chi connectivity index (χ2n) is 7.23. The first-order valence-corrected chi connectivity index (χ1v) is 9.61. The SMILES string of the molecule is CC1CCN(c2ccc(Nc3nncc(Nc4c(F)cccc4F)n3)cc2)CC1. The van der Waals surface area contributed by atoms with E-state index >= 15 is 0 Å². The first kappa shape index (κ1) is 19.0. The second kappa shape index (κ2) is 8.38. The summed E-state index contributed by atoms with van der Waals surface area (Å²) in [6.45, 7) is 4.44. The van der Waals surface area contributed by atoms with E-state index in [9.17, 15) is 8.78 Å². The van der Waals surface area contributed by atoms with Crippen molar-refractivity contribution in [2.75, 3.05) is 28.6 Å². The van der Waals surface area contributed by atoms with Crippen LogP contribution in [0.5, 0.6) is 0 Å². The number of aromatic nitrogens is 3. The van der Waals surface area contributed by atoms with Crippen LogP contribution in [0.3, 0.4) is 0 Å². The van der Waals surface area contributed by atoms with E-state index in [0.717, 1.165) is 24.7 Å². The minimum atomic E-state index is -0.708. The zero-order chi connectivity index (χ0) is 20.2. The van der Waals surface area contributed by atoms with Crippen LogP contribution in [0.1, 0.15) is 19.8 Å². The molecule has 2 aromatic carbocycles. The molecule has 6 nitrogen and oxygen atoms in total. The van der Waals surface area contributed by atoms with Gasteiger partial charge >= 0.3 is 0 Å². The van der Waals surface area contributed by atoms with Crippen LogP contribution < -0.4 is 15.5 Å². The minimum Gasteiger partial charge on any atom is -0.372 e. The summed E-state index contributed by atoms with van der Waals surface area (Å²) in [4.78, 5) is 6.61. The van der Waals surface area contributed by atoms with Crippen molar-refractivity contribution in [2.24, 2.45) is 5.92 Å². The van der Waals surface area contributed by atoms with Crippen molar-refractivity contribution in [2.45, 2.75) is 19.8 Å². The molecular weight excluding hydrogens is 374 g/mol. The van der Waals surface area contributed by atoms with Gasteiger partial charge in [0.2, 0.25) is 5.95 Å². The Hall–Kier alpha value is -3.29. The zero-order valence-electron chi connectivity index (χ0n) is 16.1. The predicted octanol–water partition coefficient (Wildman–Crippen LogP) is 4.87. The Balaban J connectivity index is 1.44. The Morgan fingerprint density at radius 2 is 1.66 bits per heavy atom. The van der Waals surface area contributed by atoms with Crippen molar-refractivity contribution in [1.82, 2.24) is 15.2 Å². The summed E-state index contributed by atoms with van der Waals surface area (Å²) in [5.74, 6) is -0.214. The molecule has 29 heavy (non-hydrogen) atoms. The molecule has 1 saturated heterocycles. The molecule has 0 saturated carbocycles. The lowest BCUT2D eigenvalue weighted by atomic mass is 9.99. The monoisotopic (exact) mass is 396 g/mol. The molecule has 1 aliphatic rings. The number of anilines is 5. The molecule has 0 bridgehead atoms. The summed E-state index contributed by atoms with van der Waals surface area (Å²) in [5, 5.41) is 13.5. The molecule has 0 aliphatic carbocycles. The van der Waals surface area contributed by atoms with Gasteiger partial charge in [-0.15, -0.1) is 5.10 Å². The van der Waals surface area contributed by atoms with Crippen molar-refractivity contribution in [3.63, 3.8) is 0 Å². The van der Waals surface area contributed by atoms with E-state index in [1.807, 2.05) is 12.1 Å². The number of hydrogen-bond donors (Lipinski definition) is 2. The highest BCUT2D eigenvalue weighted by molar-refractivity contribution is 5.61. The van der Waals surface area contributed by atoms with E-state index < -0.39 is 11.6 Å². The first-order valence-electron chi connectivity index (χ1n) is 9.61. The molecule has 4 rings (SSSR count). The first-order chi connectivity index (χ1) is 14.1. The van der Waals surface area contributed by atoms with Gasteiger partial charge in [-0.3, -0.25) is 0 Å². The van der Waals surface area contributed by atoms with Gasteiger partial charge in [0, 0.05) is 24.5 Å². The number of nitrogens with one attached hydrogen (secondary N) is 2. The Kier molecular flexibility index (Phi) is 5.50. The topological polar surface area (TPSA) is 66.0 Å². The highest BCUT2D eigenvalue weighted by atomic mass is 19.1. The maximum absolute atomic E-state index is 13.8. The van der Waals surface area contributed by atoms with E-state index in [-0.39, 0.29) is 17.5 Å². The van der Waals surface area contributed by atoms with Crippen LogP contribution in [-0.2, 0) is 0 Å². The fourth-order valence-corrected chi connectivity index (χ4v) is 3.31. The minimum absolute atomic E-state index is 0.186. The third-order valence-electron chi connectivity index (χ3n) is 5.05. The number of benzene rings is 2. The molecule has 0 unspecified atom stereocenters. The van der Waals surface area contributed by atoms with E-state index in [1.165, 1.54) is 42.9 Å². The molecule has 0 spiro atoms. The second-order valence-corrected chi connectivity index (χ2v) is 7.23. The van der Waals surface area contributed by atoms with Crippen LogP contribution in [0.15, 0.2) is 48.7 Å². The summed E-state index contributed by atoms with van der Waals surface area (Å²) in [5.41, 5.74) is 1.71. The van der Waals surface area contributed by atoms with E-state index in [0.29, 0.717) is 0 Å². The Morgan fingerprint density at radius 3 is 2.34 bits per heavy atom. The molecule has 2 N–H and O–H groups in total. The molecule has 150 valence electrons. The average molecular weight is 396 g/mol. The zero-order valence-corrected chi connectivity index (χ0v) is 16.1. The Labute approximate surface area is 168 Å². The van der Waals surface area contributed by atoms with Crippen molar-refractivity contribution >= 4 is 28.8 Å². The molecular formula is C21H22F2N6. The number of rotatable bonds is 5. The van der Waals surface area contributed by atoms with Gasteiger partial charge in [-0.1, -0.05) is 13.0 Å². The lowest BCUT2D eigenvalue weighted by molar-refractivity contribution is 0.438. The molecule has 8 heteroatoms. The molecule has 0 amide bonds. The third kappa shape index (κ3) is 4.59. The molecule has 3 aromatic rings. The van der Waals surface area contributed by atoms with E-state index in [4.69, 9.17) is 0 Å². The van der Waals surface area contributed by atoms with Crippen molar-refractivity contribution in [3.05, 3.63) is 60.3 Å². The summed E-state index contributed by atoms with van der Waals surface area (Å²) >= 11 is 0. The Bertz CT molecular complexity index is 951. The van der Waals surface area contributed by atoms with E-state index in [1.54, 1.807) is 0 Å². The summed E-state index contributed by atoms with van der Waals surface area (Å²) in [7, 11) is 0. The van der Waals surface area contributed by atoms with Gasteiger partial charge in [-0.25, -0.2) is 8.78 Å². The number of halogens is 2. The lowest BCUT2D eigenvalue weighted by Gasteiger charge is -2.32. The third-order valence-corrected chi connectivity index (χ3v) is 5.05. The number of para-hydroxylation sites is 1. The normalized spacial score (nSPS) is 14.7. The van der Waals surface area contributed by atoms with Gasteiger partial charge in [0.05, 0.1) is 6.20 Å².